The average Bonchev–Trinajstić information content (AvgIpc) is 2.38. The number of aryl methyl sites for hydroxylation is 1. The third-order valence-corrected chi connectivity index (χ3v) is 2.84. The molecule has 0 aromatic heterocycles. The third kappa shape index (κ3) is 4.61. The van der Waals surface area contributed by atoms with Crippen molar-refractivity contribution in [3.05, 3.63) is 35.1 Å². The minimum Gasteiger partial charge on any atom is -0.383 e. The van der Waals surface area contributed by atoms with Crippen molar-refractivity contribution in [2.24, 2.45) is 5.73 Å². The maximum absolute atomic E-state index is 13.8. The molecular formula is C14H21FN2O2. The zero-order valence-corrected chi connectivity index (χ0v) is 11.5. The molecule has 0 fully saturated rings. The van der Waals surface area contributed by atoms with Gasteiger partial charge in [-0.1, -0.05) is 6.07 Å². The maximum Gasteiger partial charge on any atom is 0.256 e. The zero-order chi connectivity index (χ0) is 14.3. The van der Waals surface area contributed by atoms with Gasteiger partial charge in [0.25, 0.3) is 5.91 Å². The molecular weight excluding hydrogens is 247 g/mol. The maximum atomic E-state index is 13.8. The van der Waals surface area contributed by atoms with Crippen LogP contribution in [-0.2, 0) is 4.74 Å². The van der Waals surface area contributed by atoms with Gasteiger partial charge in [-0.25, -0.2) is 4.39 Å². The van der Waals surface area contributed by atoms with Crippen LogP contribution in [0.1, 0.15) is 22.3 Å². The number of hydrogen-bond acceptors (Lipinski definition) is 3. The van der Waals surface area contributed by atoms with Crippen molar-refractivity contribution >= 4 is 5.91 Å². The van der Waals surface area contributed by atoms with Crippen LogP contribution < -0.4 is 5.73 Å². The van der Waals surface area contributed by atoms with E-state index in [0.29, 0.717) is 32.7 Å². The third-order valence-electron chi connectivity index (χ3n) is 2.84. The molecule has 1 aromatic rings. The number of amides is 1. The van der Waals surface area contributed by atoms with E-state index in [2.05, 4.69) is 0 Å². The number of nitrogens with two attached hydrogens (primary N) is 1. The highest BCUT2D eigenvalue weighted by Gasteiger charge is 2.18. The van der Waals surface area contributed by atoms with Crippen LogP contribution in [0.3, 0.4) is 0 Å². The summed E-state index contributed by atoms with van der Waals surface area (Å²) in [5.41, 5.74) is 6.34. The summed E-state index contributed by atoms with van der Waals surface area (Å²) < 4.78 is 18.8. The number of ether oxygens (including phenoxy) is 1. The lowest BCUT2D eigenvalue weighted by molar-refractivity contribution is 0.0690. The molecule has 0 aliphatic heterocycles. The number of nitrogens with zero attached hydrogens (tertiary/aromatic N) is 1. The highest BCUT2D eigenvalue weighted by molar-refractivity contribution is 5.94. The van der Waals surface area contributed by atoms with Crippen LogP contribution in [0.5, 0.6) is 0 Å². The molecule has 0 saturated carbocycles. The van der Waals surface area contributed by atoms with Gasteiger partial charge in [0.1, 0.15) is 5.82 Å². The summed E-state index contributed by atoms with van der Waals surface area (Å²) >= 11 is 0. The van der Waals surface area contributed by atoms with Gasteiger partial charge in [-0.05, 0) is 37.6 Å². The molecule has 0 atom stereocenters. The smallest absolute Gasteiger partial charge is 0.256 e. The summed E-state index contributed by atoms with van der Waals surface area (Å²) in [5.74, 6) is -0.803. The van der Waals surface area contributed by atoms with E-state index in [-0.39, 0.29) is 11.5 Å². The molecule has 0 heterocycles. The van der Waals surface area contributed by atoms with Gasteiger partial charge in [-0.2, -0.15) is 0 Å². The Morgan fingerprint density at radius 3 is 2.74 bits per heavy atom. The van der Waals surface area contributed by atoms with Gasteiger partial charge in [-0.3, -0.25) is 4.79 Å². The summed E-state index contributed by atoms with van der Waals surface area (Å²) in [6, 6.07) is 4.62. The molecule has 0 saturated heterocycles. The summed E-state index contributed by atoms with van der Waals surface area (Å²) in [5, 5.41) is 0. The molecule has 0 aliphatic carbocycles. The minimum atomic E-state index is -0.486. The molecule has 1 rings (SSSR count). The molecule has 4 nitrogen and oxygen atoms in total. The Morgan fingerprint density at radius 1 is 1.42 bits per heavy atom. The van der Waals surface area contributed by atoms with Gasteiger partial charge < -0.3 is 15.4 Å². The van der Waals surface area contributed by atoms with Crippen molar-refractivity contribution in [2.75, 3.05) is 33.4 Å². The van der Waals surface area contributed by atoms with Crippen LogP contribution in [0.25, 0.3) is 0 Å². The first-order valence-corrected chi connectivity index (χ1v) is 6.34. The van der Waals surface area contributed by atoms with Crippen LogP contribution in [0.2, 0.25) is 0 Å². The molecule has 0 unspecified atom stereocenters. The Balaban J connectivity index is 2.84. The first-order valence-electron chi connectivity index (χ1n) is 6.34. The van der Waals surface area contributed by atoms with Crippen molar-refractivity contribution in [1.82, 2.24) is 4.90 Å². The number of hydrogen-bond donors (Lipinski definition) is 1. The zero-order valence-electron chi connectivity index (χ0n) is 11.5. The Labute approximate surface area is 113 Å². The van der Waals surface area contributed by atoms with Gasteiger partial charge in [0, 0.05) is 20.2 Å². The Hall–Kier alpha value is -1.46. The van der Waals surface area contributed by atoms with Crippen LogP contribution in [0.4, 0.5) is 4.39 Å². The number of methoxy groups -OCH3 is 1. The summed E-state index contributed by atoms with van der Waals surface area (Å²) in [6.07, 6.45) is 0.683. The second-order valence-corrected chi connectivity index (χ2v) is 4.41. The topological polar surface area (TPSA) is 55.6 Å². The van der Waals surface area contributed by atoms with E-state index in [0.717, 1.165) is 5.56 Å². The van der Waals surface area contributed by atoms with Crippen molar-refractivity contribution in [3.63, 3.8) is 0 Å². The quantitative estimate of drug-likeness (QED) is 0.816. The molecule has 19 heavy (non-hydrogen) atoms. The van der Waals surface area contributed by atoms with Gasteiger partial charge >= 0.3 is 0 Å². The SMILES string of the molecule is COCCN(CCCN)C(=O)c1ccc(C)cc1F. The lowest BCUT2D eigenvalue weighted by atomic mass is 10.1. The Bertz CT molecular complexity index is 416. The van der Waals surface area contributed by atoms with Crippen molar-refractivity contribution in [2.45, 2.75) is 13.3 Å². The lowest BCUT2D eigenvalue weighted by Gasteiger charge is -2.22. The first kappa shape index (κ1) is 15.6. The molecule has 1 amide bonds. The van der Waals surface area contributed by atoms with E-state index >= 15 is 0 Å². The summed E-state index contributed by atoms with van der Waals surface area (Å²) in [4.78, 5) is 13.9. The highest BCUT2D eigenvalue weighted by atomic mass is 19.1. The Kier molecular flexibility index (Phi) is 6.45. The van der Waals surface area contributed by atoms with Gasteiger partial charge in [0.15, 0.2) is 0 Å². The van der Waals surface area contributed by atoms with Crippen LogP contribution in [0, 0.1) is 12.7 Å². The number of rotatable bonds is 7. The fourth-order valence-corrected chi connectivity index (χ4v) is 1.76. The normalized spacial score (nSPS) is 10.5. The second kappa shape index (κ2) is 7.86. The minimum absolute atomic E-state index is 0.0960. The second-order valence-electron chi connectivity index (χ2n) is 4.41. The average molecular weight is 268 g/mol. The number of halogens is 1. The summed E-state index contributed by atoms with van der Waals surface area (Å²) in [6.45, 7) is 3.64. The summed E-state index contributed by atoms with van der Waals surface area (Å²) in [7, 11) is 1.57. The van der Waals surface area contributed by atoms with E-state index in [9.17, 15) is 9.18 Å². The van der Waals surface area contributed by atoms with E-state index in [4.69, 9.17) is 10.5 Å². The van der Waals surface area contributed by atoms with E-state index in [1.165, 1.54) is 12.1 Å². The molecule has 106 valence electrons. The van der Waals surface area contributed by atoms with Gasteiger partial charge in [0.05, 0.1) is 12.2 Å². The molecule has 0 aliphatic rings. The van der Waals surface area contributed by atoms with Crippen molar-refractivity contribution in [3.8, 4) is 0 Å². The van der Waals surface area contributed by atoms with E-state index < -0.39 is 5.82 Å². The molecule has 0 radical (unpaired) electrons. The standard InChI is InChI=1S/C14H21FN2O2/c1-11-4-5-12(13(15)10-11)14(18)17(7-3-6-16)8-9-19-2/h4-5,10H,3,6-9,16H2,1-2H3. The largest absolute Gasteiger partial charge is 0.383 e. The number of carbonyl (C=O) groups is 1. The predicted octanol–water partition coefficient (Wildman–Crippen LogP) is 1.57. The van der Waals surface area contributed by atoms with E-state index in [1.54, 1.807) is 25.0 Å². The van der Waals surface area contributed by atoms with Crippen molar-refractivity contribution in [1.29, 1.82) is 0 Å². The fourth-order valence-electron chi connectivity index (χ4n) is 1.76. The monoisotopic (exact) mass is 268 g/mol. The molecule has 0 spiro atoms. The molecule has 1 aromatic carbocycles. The van der Waals surface area contributed by atoms with Gasteiger partial charge in [-0.15, -0.1) is 0 Å². The first-order chi connectivity index (χ1) is 9.10. The van der Waals surface area contributed by atoms with Crippen LogP contribution in [-0.4, -0.2) is 44.2 Å². The lowest BCUT2D eigenvalue weighted by Crippen LogP contribution is -2.36. The van der Waals surface area contributed by atoms with Gasteiger partial charge in [0.2, 0.25) is 0 Å². The van der Waals surface area contributed by atoms with Crippen LogP contribution >= 0.6 is 0 Å². The Morgan fingerprint density at radius 2 is 2.16 bits per heavy atom. The fraction of sp³-hybridized carbons (Fsp3) is 0.500. The highest BCUT2D eigenvalue weighted by Crippen LogP contribution is 2.13. The molecule has 5 heteroatoms. The van der Waals surface area contributed by atoms with Crippen LogP contribution in [0.15, 0.2) is 18.2 Å². The number of benzene rings is 1. The molecule has 0 bridgehead atoms. The number of carbonyl (C=O) groups excluding carboxylic acids is 1. The van der Waals surface area contributed by atoms with E-state index in [1.807, 2.05) is 0 Å². The van der Waals surface area contributed by atoms with Crippen molar-refractivity contribution < 1.29 is 13.9 Å². The predicted molar refractivity (Wildman–Crippen MR) is 72.6 cm³/mol. The molecule has 2 N–H and O–H groups in total.